The van der Waals surface area contributed by atoms with Gasteiger partial charge in [-0.3, -0.25) is 4.79 Å². The monoisotopic (exact) mass is 319 g/mol. The van der Waals surface area contributed by atoms with Crippen LogP contribution in [0.2, 0.25) is 0 Å². The highest BCUT2D eigenvalue weighted by atomic mass is 32.2. The van der Waals surface area contributed by atoms with E-state index in [1.54, 1.807) is 12.1 Å². The van der Waals surface area contributed by atoms with Crippen LogP contribution < -0.4 is 5.32 Å². The normalized spacial score (nSPS) is 13.5. The van der Waals surface area contributed by atoms with Gasteiger partial charge in [-0.1, -0.05) is 6.07 Å². The summed E-state index contributed by atoms with van der Waals surface area (Å²) < 4.78 is 0. The number of hydrogen-bond donors (Lipinski definition) is 2. The van der Waals surface area contributed by atoms with Gasteiger partial charge in [-0.25, -0.2) is 4.79 Å². The lowest BCUT2D eigenvalue weighted by atomic mass is 10.2. The number of thioether (sulfide) groups is 1. The van der Waals surface area contributed by atoms with E-state index >= 15 is 0 Å². The first-order valence-electron chi connectivity index (χ1n) is 6.47. The zero-order chi connectivity index (χ0) is 14.8. The molecule has 2 N–H and O–H groups in total. The largest absolute Gasteiger partial charge is 0.478 e. The Morgan fingerprint density at radius 2 is 2.10 bits per heavy atom. The molecule has 0 saturated carbocycles. The first-order valence-corrected chi connectivity index (χ1v) is 8.44. The SMILES string of the molecule is O=C(O)c1cccc(NC(=O)c2cc3c(s2)CCSC3)c1. The number of aromatic carboxylic acids is 1. The number of carbonyl (C=O) groups is 2. The molecule has 1 aromatic carbocycles. The van der Waals surface area contributed by atoms with E-state index in [0.29, 0.717) is 10.6 Å². The van der Waals surface area contributed by atoms with Crippen molar-refractivity contribution in [2.24, 2.45) is 0 Å². The van der Waals surface area contributed by atoms with Gasteiger partial charge in [0.05, 0.1) is 10.4 Å². The molecule has 4 nitrogen and oxygen atoms in total. The van der Waals surface area contributed by atoms with E-state index in [2.05, 4.69) is 5.32 Å². The van der Waals surface area contributed by atoms with Crippen molar-refractivity contribution in [3.05, 3.63) is 51.2 Å². The summed E-state index contributed by atoms with van der Waals surface area (Å²) in [5.41, 5.74) is 1.91. The Balaban J connectivity index is 1.78. The Labute approximate surface area is 130 Å². The lowest BCUT2D eigenvalue weighted by molar-refractivity contribution is 0.0696. The number of hydrogen-bond acceptors (Lipinski definition) is 4. The van der Waals surface area contributed by atoms with Crippen molar-refractivity contribution in [2.75, 3.05) is 11.1 Å². The van der Waals surface area contributed by atoms with Gasteiger partial charge in [0.2, 0.25) is 0 Å². The molecule has 2 aromatic rings. The minimum Gasteiger partial charge on any atom is -0.478 e. The van der Waals surface area contributed by atoms with Gasteiger partial charge < -0.3 is 10.4 Å². The maximum atomic E-state index is 12.3. The van der Waals surface area contributed by atoms with Gasteiger partial charge in [0.25, 0.3) is 5.91 Å². The molecular weight excluding hydrogens is 306 g/mol. The minimum atomic E-state index is -1.00. The fourth-order valence-corrected chi connectivity index (χ4v) is 4.45. The summed E-state index contributed by atoms with van der Waals surface area (Å²) in [5.74, 6) is 0.889. The molecule has 1 aliphatic rings. The third-order valence-electron chi connectivity index (χ3n) is 3.22. The molecule has 21 heavy (non-hydrogen) atoms. The average Bonchev–Trinajstić information content (AvgIpc) is 2.91. The molecule has 1 aromatic heterocycles. The lowest BCUT2D eigenvalue weighted by Gasteiger charge is -2.08. The van der Waals surface area contributed by atoms with Crippen LogP contribution in [0, 0.1) is 0 Å². The minimum absolute atomic E-state index is 0.162. The molecule has 1 amide bonds. The quantitative estimate of drug-likeness (QED) is 0.909. The topological polar surface area (TPSA) is 66.4 Å². The number of carboxylic acids is 1. The van der Waals surface area contributed by atoms with E-state index in [1.807, 2.05) is 17.8 Å². The van der Waals surface area contributed by atoms with Crippen molar-refractivity contribution in [2.45, 2.75) is 12.2 Å². The van der Waals surface area contributed by atoms with E-state index in [0.717, 1.165) is 17.9 Å². The first-order chi connectivity index (χ1) is 10.1. The van der Waals surface area contributed by atoms with Crippen molar-refractivity contribution < 1.29 is 14.7 Å². The van der Waals surface area contributed by atoms with E-state index in [4.69, 9.17) is 5.11 Å². The molecule has 0 saturated heterocycles. The number of rotatable bonds is 3. The molecule has 6 heteroatoms. The zero-order valence-electron chi connectivity index (χ0n) is 11.1. The van der Waals surface area contributed by atoms with Crippen LogP contribution in [0.4, 0.5) is 5.69 Å². The van der Waals surface area contributed by atoms with Crippen molar-refractivity contribution >= 4 is 40.7 Å². The summed E-state index contributed by atoms with van der Waals surface area (Å²) in [6, 6.07) is 8.22. The van der Waals surface area contributed by atoms with Crippen LogP contribution in [-0.2, 0) is 12.2 Å². The number of carbonyl (C=O) groups excluding carboxylic acids is 1. The van der Waals surface area contributed by atoms with E-state index < -0.39 is 5.97 Å². The van der Waals surface area contributed by atoms with Gasteiger partial charge in [0.1, 0.15) is 0 Å². The van der Waals surface area contributed by atoms with Gasteiger partial charge in [-0.05, 0) is 42.0 Å². The van der Waals surface area contributed by atoms with Crippen LogP contribution in [0.15, 0.2) is 30.3 Å². The van der Waals surface area contributed by atoms with Crippen molar-refractivity contribution in [3.63, 3.8) is 0 Å². The summed E-state index contributed by atoms with van der Waals surface area (Å²) in [4.78, 5) is 25.2. The number of amides is 1. The van der Waals surface area contributed by atoms with Crippen LogP contribution in [-0.4, -0.2) is 22.7 Å². The second-order valence-electron chi connectivity index (χ2n) is 4.70. The molecule has 0 unspecified atom stereocenters. The van der Waals surface area contributed by atoms with Crippen molar-refractivity contribution in [1.29, 1.82) is 0 Å². The Kier molecular flexibility index (Phi) is 3.98. The van der Waals surface area contributed by atoms with Crippen LogP contribution in [0.25, 0.3) is 0 Å². The molecule has 0 atom stereocenters. The fraction of sp³-hybridized carbons (Fsp3) is 0.200. The van der Waals surface area contributed by atoms with E-state index in [-0.39, 0.29) is 11.5 Å². The molecule has 0 fully saturated rings. The number of benzene rings is 1. The molecule has 2 heterocycles. The van der Waals surface area contributed by atoms with Gasteiger partial charge in [-0.15, -0.1) is 11.3 Å². The average molecular weight is 319 g/mol. The highest BCUT2D eigenvalue weighted by Crippen LogP contribution is 2.32. The first kappa shape index (κ1) is 14.2. The zero-order valence-corrected chi connectivity index (χ0v) is 12.7. The van der Waals surface area contributed by atoms with E-state index in [9.17, 15) is 9.59 Å². The number of carboxylic acid groups (broad SMARTS) is 1. The van der Waals surface area contributed by atoms with Gasteiger partial charge >= 0.3 is 5.97 Å². The van der Waals surface area contributed by atoms with Crippen LogP contribution in [0.5, 0.6) is 0 Å². The van der Waals surface area contributed by atoms with Crippen LogP contribution in [0.1, 0.15) is 30.5 Å². The van der Waals surface area contributed by atoms with Crippen molar-refractivity contribution in [1.82, 2.24) is 0 Å². The second kappa shape index (κ2) is 5.91. The summed E-state index contributed by atoms with van der Waals surface area (Å²) in [6.45, 7) is 0. The second-order valence-corrected chi connectivity index (χ2v) is 6.94. The molecule has 3 rings (SSSR count). The summed E-state index contributed by atoms with van der Waals surface area (Å²) >= 11 is 3.41. The molecule has 0 spiro atoms. The smallest absolute Gasteiger partial charge is 0.335 e. The maximum absolute atomic E-state index is 12.3. The summed E-state index contributed by atoms with van der Waals surface area (Å²) in [5, 5.41) is 11.7. The number of aryl methyl sites for hydroxylation is 1. The standard InChI is InChI=1S/C15H13NO3S2/c17-14(13-7-10-8-20-5-4-12(10)21-13)16-11-3-1-2-9(6-11)15(18)19/h1-3,6-7H,4-5,8H2,(H,16,17)(H,18,19). The van der Waals surface area contributed by atoms with Crippen LogP contribution >= 0.6 is 23.1 Å². The Morgan fingerprint density at radius 1 is 1.24 bits per heavy atom. The van der Waals surface area contributed by atoms with Gasteiger partial charge in [-0.2, -0.15) is 11.8 Å². The highest BCUT2D eigenvalue weighted by Gasteiger charge is 2.17. The van der Waals surface area contributed by atoms with E-state index in [1.165, 1.54) is 33.9 Å². The van der Waals surface area contributed by atoms with Gasteiger partial charge in [0.15, 0.2) is 0 Å². The van der Waals surface area contributed by atoms with Crippen molar-refractivity contribution in [3.8, 4) is 0 Å². The Hall–Kier alpha value is -1.79. The predicted octanol–water partition coefficient (Wildman–Crippen LogP) is 3.49. The molecule has 108 valence electrons. The maximum Gasteiger partial charge on any atom is 0.335 e. The molecule has 0 bridgehead atoms. The molecular formula is C15H13NO3S2. The Morgan fingerprint density at radius 3 is 2.86 bits per heavy atom. The van der Waals surface area contributed by atoms with Gasteiger partial charge in [0, 0.05) is 16.3 Å². The Bertz CT molecular complexity index is 685. The lowest BCUT2D eigenvalue weighted by Crippen LogP contribution is -2.10. The molecule has 0 aliphatic carbocycles. The number of anilines is 1. The fourth-order valence-electron chi connectivity index (χ4n) is 2.18. The van der Waals surface area contributed by atoms with Crippen LogP contribution in [0.3, 0.4) is 0 Å². The third-order valence-corrected chi connectivity index (χ3v) is 5.46. The molecule has 0 radical (unpaired) electrons. The highest BCUT2D eigenvalue weighted by molar-refractivity contribution is 7.98. The summed E-state index contributed by atoms with van der Waals surface area (Å²) in [6.07, 6.45) is 1.02. The number of nitrogens with one attached hydrogen (secondary N) is 1. The molecule has 1 aliphatic heterocycles. The number of thiophene rings is 1. The number of fused-ring (bicyclic) bond motifs is 1. The third kappa shape index (κ3) is 3.11. The summed E-state index contributed by atoms with van der Waals surface area (Å²) in [7, 11) is 0. The predicted molar refractivity (Wildman–Crippen MR) is 85.5 cm³/mol.